The average Bonchev–Trinajstić information content (AvgIpc) is 4.16. The Bertz CT molecular complexity index is 2750. The number of β-amino-alcohol motifs (C(OH)–C–C–N with tert-alkyl or cyclic N) is 1. The van der Waals surface area contributed by atoms with Gasteiger partial charge in [-0.15, -0.1) is 11.3 Å². The molecule has 2 aliphatic heterocycles. The predicted octanol–water partition coefficient (Wildman–Crippen LogP) is 9.77. The second kappa shape index (κ2) is 27.3. The van der Waals surface area contributed by atoms with E-state index in [4.69, 9.17) is 11.6 Å². The van der Waals surface area contributed by atoms with Crippen LogP contribution in [0, 0.1) is 26.2 Å². The molecule has 408 valence electrons. The van der Waals surface area contributed by atoms with Crippen LogP contribution < -0.4 is 26.2 Å². The van der Waals surface area contributed by atoms with Crippen molar-refractivity contribution in [3.05, 3.63) is 92.8 Å². The first-order valence-electron chi connectivity index (χ1n) is 26.7. The Morgan fingerprint density at radius 2 is 1.51 bits per heavy atom. The van der Waals surface area contributed by atoms with E-state index in [9.17, 15) is 29.1 Å². The average molecular weight is 1100 g/mol. The number of hydrogen-bond acceptors (Lipinski definition) is 14. The monoisotopic (exact) mass is 1100 g/mol. The number of likely N-dealkylation sites (tertiary alicyclic amines) is 1. The SMILES string of the molecule is Cc1nc(Nc2ncc(C(=O)Nc3c(C)cccc3Cl)s2)cc(N2CCN(C(=O)CCCCCCCCCCCCC(=O)N[C@H](C(=O)N3C[C@H](O)C[C@H]3C(=O)NCc3ccc(-c4scnc4C)cc3)C(C)(C)C)CC2)n1. The molecule has 5 aromatic rings. The van der Waals surface area contributed by atoms with Crippen LogP contribution in [0.5, 0.6) is 0 Å². The number of carbonyl (C=O) groups excluding carboxylic acids is 5. The summed E-state index contributed by atoms with van der Waals surface area (Å²) in [6.45, 7) is 14.3. The summed E-state index contributed by atoms with van der Waals surface area (Å²) in [6, 6.07) is 13.6. The van der Waals surface area contributed by atoms with Crippen LogP contribution in [-0.2, 0) is 25.7 Å². The van der Waals surface area contributed by atoms with Crippen LogP contribution >= 0.6 is 34.3 Å². The number of piperazine rings is 1. The number of aromatic nitrogens is 4. The number of thiazole rings is 2. The Morgan fingerprint density at radius 3 is 2.16 bits per heavy atom. The minimum atomic E-state index is -0.848. The molecule has 0 unspecified atom stereocenters. The van der Waals surface area contributed by atoms with Crippen molar-refractivity contribution >= 4 is 86.3 Å². The number of carbonyl (C=O) groups is 5. The van der Waals surface area contributed by atoms with Crippen LogP contribution in [0.15, 0.2) is 60.2 Å². The second-order valence-corrected chi connectivity index (χ2v) is 23.3. The van der Waals surface area contributed by atoms with Gasteiger partial charge in [-0.05, 0) is 61.8 Å². The quantitative estimate of drug-likeness (QED) is 0.0365. The lowest BCUT2D eigenvalue weighted by molar-refractivity contribution is -0.144. The van der Waals surface area contributed by atoms with Crippen molar-refractivity contribution in [2.24, 2.45) is 5.41 Å². The first-order chi connectivity index (χ1) is 36.4. The van der Waals surface area contributed by atoms with E-state index in [0.717, 1.165) is 97.3 Å². The van der Waals surface area contributed by atoms with Gasteiger partial charge in [-0.3, -0.25) is 24.0 Å². The highest BCUT2D eigenvalue weighted by Gasteiger charge is 2.44. The summed E-state index contributed by atoms with van der Waals surface area (Å²) in [7, 11) is 0. The number of aryl methyl sites for hydroxylation is 3. The number of nitrogens with one attached hydrogen (secondary N) is 4. The van der Waals surface area contributed by atoms with Crippen molar-refractivity contribution in [1.29, 1.82) is 0 Å². The van der Waals surface area contributed by atoms with Crippen molar-refractivity contribution in [1.82, 2.24) is 40.4 Å². The van der Waals surface area contributed by atoms with Gasteiger partial charge in [0.15, 0.2) is 5.13 Å². The molecule has 2 aliphatic rings. The number of benzene rings is 2. The van der Waals surface area contributed by atoms with Crippen LogP contribution in [0.2, 0.25) is 5.02 Å². The lowest BCUT2D eigenvalue weighted by Gasteiger charge is -2.35. The number of aliphatic hydroxyl groups excluding tert-OH is 1. The third-order valence-corrected chi connectivity index (χ3v) is 16.2. The normalized spacial score (nSPS) is 16.1. The highest BCUT2D eigenvalue weighted by Crippen LogP contribution is 2.31. The maximum absolute atomic E-state index is 14.0. The molecular formula is C56H74ClN11O6S2. The van der Waals surface area contributed by atoms with Gasteiger partial charge in [0.2, 0.25) is 23.6 Å². The van der Waals surface area contributed by atoms with E-state index in [1.54, 1.807) is 17.4 Å². The Hall–Kier alpha value is -6.02. The van der Waals surface area contributed by atoms with Crippen LogP contribution in [0.3, 0.4) is 0 Å². The molecule has 0 aliphatic carbocycles. The molecular weight excluding hydrogens is 1020 g/mol. The number of halogens is 1. The third kappa shape index (κ3) is 16.3. The molecule has 20 heteroatoms. The molecule has 0 radical (unpaired) electrons. The van der Waals surface area contributed by atoms with Gasteiger partial charge >= 0.3 is 0 Å². The minimum absolute atomic E-state index is 0.0334. The maximum Gasteiger partial charge on any atom is 0.267 e. The lowest BCUT2D eigenvalue weighted by Crippen LogP contribution is -2.57. The molecule has 5 amide bonds. The zero-order valence-corrected chi connectivity index (χ0v) is 47.1. The summed E-state index contributed by atoms with van der Waals surface area (Å²) >= 11 is 9.10. The summed E-state index contributed by atoms with van der Waals surface area (Å²) in [6.07, 6.45) is 11.9. The zero-order valence-electron chi connectivity index (χ0n) is 44.8. The first-order valence-corrected chi connectivity index (χ1v) is 28.7. The van der Waals surface area contributed by atoms with Crippen LogP contribution in [0.25, 0.3) is 10.4 Å². The van der Waals surface area contributed by atoms with Crippen molar-refractivity contribution in [2.45, 2.75) is 150 Å². The van der Waals surface area contributed by atoms with Crippen molar-refractivity contribution in [3.8, 4) is 10.4 Å². The van der Waals surface area contributed by atoms with Gasteiger partial charge in [-0.1, -0.05) is 131 Å². The highest BCUT2D eigenvalue weighted by atomic mass is 35.5. The fourth-order valence-corrected chi connectivity index (χ4v) is 11.4. The van der Waals surface area contributed by atoms with Gasteiger partial charge < -0.3 is 41.1 Å². The fourth-order valence-electron chi connectivity index (χ4n) is 9.62. The number of rotatable bonds is 24. The molecule has 17 nitrogen and oxygen atoms in total. The molecule has 5 N–H and O–H groups in total. The molecule has 0 bridgehead atoms. The van der Waals surface area contributed by atoms with Crippen molar-refractivity contribution in [2.75, 3.05) is 48.3 Å². The molecule has 0 saturated carbocycles. The first kappa shape index (κ1) is 57.7. The van der Waals surface area contributed by atoms with Crippen LogP contribution in [0.1, 0.15) is 137 Å². The van der Waals surface area contributed by atoms with Crippen molar-refractivity contribution in [3.63, 3.8) is 0 Å². The van der Waals surface area contributed by atoms with Crippen molar-refractivity contribution < 1.29 is 29.1 Å². The van der Waals surface area contributed by atoms with Crippen LogP contribution in [-0.4, -0.2) is 115 Å². The van der Waals surface area contributed by atoms with Crippen LogP contribution in [0.4, 0.5) is 22.5 Å². The van der Waals surface area contributed by atoms with Gasteiger partial charge in [-0.2, -0.15) is 0 Å². The number of para-hydroxylation sites is 1. The van der Waals surface area contributed by atoms with E-state index in [1.807, 2.05) is 94.4 Å². The Labute approximate surface area is 460 Å². The maximum atomic E-state index is 14.0. The van der Waals surface area contributed by atoms with Gasteiger partial charge in [0.05, 0.1) is 39.1 Å². The van der Waals surface area contributed by atoms with E-state index in [2.05, 4.69) is 46.1 Å². The van der Waals surface area contributed by atoms with E-state index in [-0.39, 0.29) is 49.0 Å². The largest absolute Gasteiger partial charge is 0.391 e. The van der Waals surface area contributed by atoms with Gasteiger partial charge in [0, 0.05) is 64.6 Å². The highest BCUT2D eigenvalue weighted by molar-refractivity contribution is 7.17. The number of aliphatic hydroxyl groups is 1. The molecule has 5 heterocycles. The topological polar surface area (TPSA) is 215 Å². The lowest BCUT2D eigenvalue weighted by atomic mass is 9.85. The van der Waals surface area contributed by atoms with Gasteiger partial charge in [0.25, 0.3) is 5.91 Å². The molecule has 3 aromatic heterocycles. The number of amides is 5. The molecule has 2 saturated heterocycles. The molecule has 76 heavy (non-hydrogen) atoms. The Kier molecular flexibility index (Phi) is 20.7. The number of anilines is 4. The molecule has 0 spiro atoms. The number of unbranched alkanes of at least 4 members (excludes halogenated alkanes) is 9. The second-order valence-electron chi connectivity index (χ2n) is 21.0. The zero-order chi connectivity index (χ0) is 54.4. The molecule has 7 rings (SSSR count). The molecule has 3 atom stereocenters. The van der Waals surface area contributed by atoms with E-state index < -0.39 is 23.6 Å². The standard InChI is InChI=1S/C56H74ClN11O6S2/c1-36-18-17-19-42(57)49(36)65-53(73)44-33-59-55(76-44)63-45-31-46(62-38(3)61-45)66-26-28-67(29-27-66)48(71)21-16-14-12-10-8-7-9-11-13-15-20-47(70)64-51(56(4,5)6)54(74)68-34-41(69)30-43(68)52(72)58-32-39-22-24-40(25-23-39)50-37(2)60-35-75-50/h17-19,22-25,31,33,35,41,43,51,69H,7-16,20-21,26-30,32,34H2,1-6H3,(H,58,72)(H,64,70)(H,65,73)(H,59,61,62,63)/t41-,43+,51-/m1/s1. The summed E-state index contributed by atoms with van der Waals surface area (Å²) in [5.41, 5.74) is 5.60. The van der Waals surface area contributed by atoms with E-state index >= 15 is 0 Å². The summed E-state index contributed by atoms with van der Waals surface area (Å²) < 4.78 is 0. The third-order valence-electron chi connectivity index (χ3n) is 14.0. The molecule has 2 fully saturated rings. The Morgan fingerprint density at radius 1 is 0.842 bits per heavy atom. The van der Waals surface area contributed by atoms with Gasteiger partial charge in [0.1, 0.15) is 34.4 Å². The summed E-state index contributed by atoms with van der Waals surface area (Å²) in [5, 5.41) is 23.6. The number of hydrogen-bond donors (Lipinski definition) is 5. The summed E-state index contributed by atoms with van der Waals surface area (Å²) in [4.78, 5) is 91.8. The fraction of sp³-hybridized carbons (Fsp3) is 0.518. The summed E-state index contributed by atoms with van der Waals surface area (Å²) in [5.74, 6) is 0.957. The molecule has 2 aromatic carbocycles. The van der Waals surface area contributed by atoms with E-state index in [1.165, 1.54) is 22.4 Å². The number of nitrogens with zero attached hydrogens (tertiary/aromatic N) is 7. The Balaban J connectivity index is 0.724. The predicted molar refractivity (Wildman–Crippen MR) is 302 cm³/mol. The van der Waals surface area contributed by atoms with E-state index in [0.29, 0.717) is 71.4 Å². The van der Waals surface area contributed by atoms with Gasteiger partial charge in [-0.25, -0.2) is 19.9 Å². The smallest absolute Gasteiger partial charge is 0.267 e. The minimum Gasteiger partial charge on any atom is -0.391 e.